The molecule has 71 heavy (non-hydrogen) atoms. The maximum Gasteiger partial charge on any atom is 0.0726 e. The van der Waals surface area contributed by atoms with Crippen molar-refractivity contribution in [3.8, 4) is 44.5 Å². The fourth-order valence-corrected chi connectivity index (χ4v) is 15.9. The van der Waals surface area contributed by atoms with Gasteiger partial charge in [0.15, 0.2) is 0 Å². The van der Waals surface area contributed by atoms with E-state index in [0.717, 1.165) is 17.8 Å². The molecule has 15 rings (SSSR count). The van der Waals surface area contributed by atoms with E-state index in [1.165, 1.54) is 145 Å². The maximum atomic E-state index is 2.60. The first-order valence-corrected chi connectivity index (χ1v) is 26.9. The Kier molecular flexibility index (Phi) is 9.05. The van der Waals surface area contributed by atoms with E-state index in [-0.39, 0.29) is 16.2 Å². The van der Waals surface area contributed by atoms with Crippen LogP contribution in [0.2, 0.25) is 0 Å². The van der Waals surface area contributed by atoms with Gasteiger partial charge >= 0.3 is 0 Å². The van der Waals surface area contributed by atoms with Crippen LogP contribution in [-0.2, 0) is 27.1 Å². The monoisotopic (exact) mass is 922 g/mol. The molecule has 0 aliphatic heterocycles. The predicted octanol–water partition coefficient (Wildman–Crippen LogP) is 18.5. The zero-order valence-electron chi connectivity index (χ0n) is 43.1. The van der Waals surface area contributed by atoms with Crippen LogP contribution in [0.4, 0.5) is 17.1 Å². The van der Waals surface area contributed by atoms with E-state index in [0.29, 0.717) is 5.41 Å². The molecule has 0 radical (unpaired) electrons. The first-order chi connectivity index (χ1) is 34.1. The molecule has 7 aliphatic rings. The number of hydrogen-bond acceptors (Lipinski definition) is 1. The number of para-hydroxylation sites is 1. The van der Waals surface area contributed by atoms with Crippen molar-refractivity contribution in [1.82, 2.24) is 0 Å². The third-order valence-electron chi connectivity index (χ3n) is 19.0. The van der Waals surface area contributed by atoms with Gasteiger partial charge in [0.2, 0.25) is 0 Å². The zero-order chi connectivity index (χ0) is 48.4. The topological polar surface area (TPSA) is 3.24 Å². The van der Waals surface area contributed by atoms with Crippen LogP contribution in [0, 0.1) is 17.8 Å². The summed E-state index contributed by atoms with van der Waals surface area (Å²) in [5.74, 6) is 2.77. The number of benzene rings is 8. The van der Waals surface area contributed by atoms with Gasteiger partial charge in [-0.25, -0.2) is 0 Å². The molecule has 4 saturated carbocycles. The van der Waals surface area contributed by atoms with Crippen LogP contribution in [0.5, 0.6) is 0 Å². The summed E-state index contributed by atoms with van der Waals surface area (Å²) in [7, 11) is 0. The number of rotatable bonds is 5. The van der Waals surface area contributed by atoms with Gasteiger partial charge in [0.1, 0.15) is 0 Å². The van der Waals surface area contributed by atoms with Crippen LogP contribution in [-0.4, -0.2) is 0 Å². The van der Waals surface area contributed by atoms with E-state index in [2.05, 4.69) is 230 Å². The molecule has 0 saturated heterocycles. The summed E-state index contributed by atoms with van der Waals surface area (Å²) >= 11 is 0. The molecule has 1 heteroatoms. The predicted molar refractivity (Wildman–Crippen MR) is 298 cm³/mol. The third kappa shape index (κ3) is 6.17. The largest absolute Gasteiger partial charge is 0.310 e. The second kappa shape index (κ2) is 14.8. The lowest BCUT2D eigenvalue weighted by Crippen LogP contribution is -2.48. The first-order valence-electron chi connectivity index (χ1n) is 26.9. The summed E-state index contributed by atoms with van der Waals surface area (Å²) in [6, 6.07) is 67.2. The van der Waals surface area contributed by atoms with Crippen molar-refractivity contribution in [3.05, 3.63) is 220 Å². The van der Waals surface area contributed by atoms with Crippen molar-refractivity contribution < 1.29 is 0 Å². The second-order valence-corrected chi connectivity index (χ2v) is 25.6. The van der Waals surface area contributed by atoms with Gasteiger partial charge in [-0.1, -0.05) is 195 Å². The number of hydrogen-bond donors (Lipinski definition) is 0. The quantitative estimate of drug-likeness (QED) is 0.166. The fourth-order valence-electron chi connectivity index (χ4n) is 15.9. The molecule has 0 amide bonds. The van der Waals surface area contributed by atoms with Crippen LogP contribution < -0.4 is 4.90 Å². The third-order valence-corrected chi connectivity index (χ3v) is 19.0. The Morgan fingerprint density at radius 2 is 0.817 bits per heavy atom. The Balaban J connectivity index is 0.997. The molecule has 352 valence electrons. The highest BCUT2D eigenvalue weighted by Crippen LogP contribution is 2.65. The Hall–Kier alpha value is -6.44. The van der Waals surface area contributed by atoms with E-state index in [4.69, 9.17) is 0 Å². The smallest absolute Gasteiger partial charge is 0.0726 e. The van der Waals surface area contributed by atoms with Gasteiger partial charge in [0, 0.05) is 22.4 Å². The normalized spacial score (nSPS) is 22.2. The summed E-state index contributed by atoms with van der Waals surface area (Å²) in [6.07, 6.45) is 8.56. The summed E-state index contributed by atoms with van der Waals surface area (Å²) in [4.78, 5) is 2.60. The minimum atomic E-state index is -0.505. The Morgan fingerprint density at radius 1 is 0.394 bits per heavy atom. The van der Waals surface area contributed by atoms with Crippen molar-refractivity contribution >= 4 is 17.1 Å². The van der Waals surface area contributed by atoms with Gasteiger partial charge in [-0.05, 0) is 192 Å². The zero-order valence-corrected chi connectivity index (χ0v) is 43.1. The van der Waals surface area contributed by atoms with Crippen LogP contribution in [0.3, 0.4) is 0 Å². The van der Waals surface area contributed by atoms with E-state index >= 15 is 0 Å². The molecular formula is C70H67N. The highest BCUT2D eigenvalue weighted by Gasteiger charge is 2.54. The summed E-state index contributed by atoms with van der Waals surface area (Å²) < 4.78 is 0. The standard InChI is InChI=1S/C70H67N/c1-66(2,3)48-25-29-56-57-30-26-49(67(4,5)6)37-63(57)70(62(56)36-48)60-19-13-10-17-54(60)58-32-28-51(39-64(58)70)71(50-27-31-55-53-16-9-12-18-59(53)68(7,8)61(55)38-50)65-20-14-11-15-52(65)46-21-23-47(24-22-46)69-40-43-33-44(41-69)35-45(34-43)42-69/h9-32,36-39,43-45H,33-35,40-42H2,1-8H3. The van der Waals surface area contributed by atoms with E-state index in [1.54, 1.807) is 5.56 Å². The van der Waals surface area contributed by atoms with Gasteiger partial charge in [-0.3, -0.25) is 0 Å². The van der Waals surface area contributed by atoms with Crippen molar-refractivity contribution in [2.24, 2.45) is 17.8 Å². The summed E-state index contributed by atoms with van der Waals surface area (Å²) in [6.45, 7) is 19.0. The number of nitrogens with zero attached hydrogens (tertiary/aromatic N) is 1. The maximum absolute atomic E-state index is 2.60. The molecule has 0 N–H and O–H groups in total. The van der Waals surface area contributed by atoms with Gasteiger partial charge < -0.3 is 4.90 Å². The average molecular weight is 922 g/mol. The van der Waals surface area contributed by atoms with E-state index in [9.17, 15) is 0 Å². The molecule has 0 aromatic heterocycles. The van der Waals surface area contributed by atoms with E-state index in [1.807, 2.05) is 0 Å². The minimum Gasteiger partial charge on any atom is -0.310 e. The van der Waals surface area contributed by atoms with Crippen LogP contribution >= 0.6 is 0 Å². The molecule has 4 bridgehead atoms. The molecule has 0 heterocycles. The lowest BCUT2D eigenvalue weighted by atomic mass is 9.48. The highest BCUT2D eigenvalue weighted by atomic mass is 15.1. The van der Waals surface area contributed by atoms with Crippen LogP contribution in [0.25, 0.3) is 44.5 Å². The highest BCUT2D eigenvalue weighted by molar-refractivity contribution is 5.98. The fraction of sp³-hybridized carbons (Fsp3) is 0.314. The minimum absolute atomic E-state index is 0.0146. The van der Waals surface area contributed by atoms with Gasteiger partial charge in [-0.2, -0.15) is 0 Å². The molecule has 0 atom stereocenters. The Bertz CT molecular complexity index is 3410. The Labute approximate surface area is 423 Å². The van der Waals surface area contributed by atoms with Gasteiger partial charge in [0.25, 0.3) is 0 Å². The Morgan fingerprint density at radius 3 is 1.37 bits per heavy atom. The second-order valence-electron chi connectivity index (χ2n) is 25.6. The van der Waals surface area contributed by atoms with E-state index < -0.39 is 5.41 Å². The molecular weight excluding hydrogens is 855 g/mol. The molecule has 7 aliphatic carbocycles. The molecule has 4 fully saturated rings. The van der Waals surface area contributed by atoms with Crippen LogP contribution in [0.15, 0.2) is 170 Å². The van der Waals surface area contributed by atoms with Crippen molar-refractivity contribution in [2.75, 3.05) is 4.90 Å². The number of anilines is 3. The van der Waals surface area contributed by atoms with Crippen molar-refractivity contribution in [1.29, 1.82) is 0 Å². The summed E-state index contributed by atoms with van der Waals surface area (Å²) in [5.41, 5.74) is 26.5. The molecule has 8 aromatic carbocycles. The molecule has 0 unspecified atom stereocenters. The number of fused-ring (bicyclic) bond motifs is 13. The summed E-state index contributed by atoms with van der Waals surface area (Å²) in [5, 5.41) is 0. The lowest BCUT2D eigenvalue weighted by Gasteiger charge is -2.57. The molecule has 1 nitrogen and oxygen atoms in total. The van der Waals surface area contributed by atoms with Gasteiger partial charge in [0.05, 0.1) is 11.1 Å². The SMILES string of the molecule is CC(C)(C)c1ccc2c(c1)C1(c3ccccc3-c3ccc(N(c4ccc5c(c4)C(C)(C)c4ccccc4-5)c4ccccc4-c4ccc(C56CC7CC(CC(C7)C5)C6)cc4)cc31)c1cc(C(C)(C)C)ccc1-2. The van der Waals surface area contributed by atoms with Crippen molar-refractivity contribution in [2.45, 2.75) is 121 Å². The van der Waals surface area contributed by atoms with Gasteiger partial charge in [-0.15, -0.1) is 0 Å². The molecule has 1 spiro atoms. The lowest BCUT2D eigenvalue weighted by molar-refractivity contribution is -0.00518. The van der Waals surface area contributed by atoms with Crippen LogP contribution in [0.1, 0.15) is 144 Å². The van der Waals surface area contributed by atoms with Crippen molar-refractivity contribution in [3.63, 3.8) is 0 Å². The molecule has 8 aromatic rings. The first kappa shape index (κ1) is 43.4. The average Bonchev–Trinajstić information content (AvgIpc) is 3.91.